The quantitative estimate of drug-likeness (QED) is 0.374. The molecule has 0 fully saturated rings. The second-order valence-electron chi connectivity index (χ2n) is 8.13. The number of carbonyl (C=O) groups is 1. The molecule has 0 bridgehead atoms. The summed E-state index contributed by atoms with van der Waals surface area (Å²) in [4.78, 5) is 16.8. The van der Waals surface area contributed by atoms with Gasteiger partial charge in [0.25, 0.3) is 5.91 Å². The molecule has 0 spiro atoms. The molecule has 0 saturated heterocycles. The number of aryl methyl sites for hydroxylation is 2. The Morgan fingerprint density at radius 3 is 2.74 bits per heavy atom. The fourth-order valence-corrected chi connectivity index (χ4v) is 4.80. The molecule has 0 unspecified atom stereocenters. The third-order valence-corrected chi connectivity index (χ3v) is 6.64. The standard InChI is InChI=1S/C26H25N5O2S/c1-3-18-9-11-20(12-10-18)33-14-6-13-30-16-19(21-7-4-5-8-23(21)30)15-22-24(27)31-26(28-25(22)32)34-17(2)29-31/h4-5,7-12,15-16,27H,3,6,13-14H2,1-2H3. The van der Waals surface area contributed by atoms with Crippen molar-refractivity contribution in [3.05, 3.63) is 71.4 Å². The summed E-state index contributed by atoms with van der Waals surface area (Å²) in [6.07, 6.45) is 5.64. The van der Waals surface area contributed by atoms with Gasteiger partial charge in [0.1, 0.15) is 5.75 Å². The molecule has 1 amide bonds. The molecule has 0 aliphatic carbocycles. The number of para-hydroxylation sites is 1. The first-order chi connectivity index (χ1) is 16.5. The van der Waals surface area contributed by atoms with E-state index in [9.17, 15) is 4.79 Å². The Balaban J connectivity index is 1.34. The van der Waals surface area contributed by atoms with Crippen LogP contribution in [0.4, 0.5) is 0 Å². The Bertz CT molecular complexity index is 1370. The highest BCUT2D eigenvalue weighted by molar-refractivity contribution is 8.26. The zero-order chi connectivity index (χ0) is 23.7. The molecule has 34 heavy (non-hydrogen) atoms. The maximum absolute atomic E-state index is 12.7. The van der Waals surface area contributed by atoms with Crippen LogP contribution in [-0.2, 0) is 17.8 Å². The summed E-state index contributed by atoms with van der Waals surface area (Å²) < 4.78 is 8.08. The van der Waals surface area contributed by atoms with Gasteiger partial charge in [-0.15, -0.1) is 0 Å². The third kappa shape index (κ3) is 4.28. The number of carbonyl (C=O) groups excluding carboxylic acids is 1. The van der Waals surface area contributed by atoms with Gasteiger partial charge in [-0.1, -0.05) is 37.3 Å². The minimum absolute atomic E-state index is 0.0543. The lowest BCUT2D eigenvalue weighted by Gasteiger charge is -2.20. The van der Waals surface area contributed by atoms with Crippen LogP contribution in [0.15, 0.2) is 70.4 Å². The van der Waals surface area contributed by atoms with E-state index in [0.29, 0.717) is 11.8 Å². The van der Waals surface area contributed by atoms with Gasteiger partial charge in [0, 0.05) is 29.2 Å². The number of thioether (sulfide) groups is 1. The van der Waals surface area contributed by atoms with Gasteiger partial charge in [0.15, 0.2) is 5.84 Å². The molecule has 0 atom stereocenters. The van der Waals surface area contributed by atoms with Crippen LogP contribution in [0.3, 0.4) is 0 Å². The molecule has 1 aromatic heterocycles. The Kier molecular flexibility index (Phi) is 6.06. The smallest absolute Gasteiger partial charge is 0.283 e. The lowest BCUT2D eigenvalue weighted by Crippen LogP contribution is -2.35. The number of hydrogen-bond acceptors (Lipinski definition) is 5. The van der Waals surface area contributed by atoms with E-state index in [2.05, 4.69) is 39.8 Å². The van der Waals surface area contributed by atoms with Crippen molar-refractivity contribution in [3.63, 3.8) is 0 Å². The monoisotopic (exact) mass is 471 g/mol. The zero-order valence-corrected chi connectivity index (χ0v) is 19.9. The normalized spacial score (nSPS) is 16.8. The van der Waals surface area contributed by atoms with E-state index in [1.165, 1.54) is 22.3 Å². The van der Waals surface area contributed by atoms with Crippen molar-refractivity contribution in [2.75, 3.05) is 6.61 Å². The fraction of sp³-hybridized carbons (Fsp3) is 0.231. The highest BCUT2D eigenvalue weighted by atomic mass is 32.2. The van der Waals surface area contributed by atoms with Gasteiger partial charge in [0.05, 0.1) is 17.2 Å². The summed E-state index contributed by atoms with van der Waals surface area (Å²) >= 11 is 1.30. The third-order valence-electron chi connectivity index (χ3n) is 5.82. The molecule has 3 heterocycles. The van der Waals surface area contributed by atoms with Crippen molar-refractivity contribution in [3.8, 4) is 5.75 Å². The van der Waals surface area contributed by atoms with E-state index < -0.39 is 5.91 Å². The second-order valence-corrected chi connectivity index (χ2v) is 9.29. The Hall–Kier alpha value is -3.65. The molecule has 172 valence electrons. The van der Waals surface area contributed by atoms with Crippen molar-refractivity contribution in [2.45, 2.75) is 33.2 Å². The van der Waals surface area contributed by atoms with Crippen molar-refractivity contribution < 1.29 is 9.53 Å². The van der Waals surface area contributed by atoms with E-state index in [-0.39, 0.29) is 11.4 Å². The number of aliphatic imine (C=N–C) groups is 1. The maximum atomic E-state index is 12.7. The number of nitrogens with zero attached hydrogens (tertiary/aromatic N) is 4. The zero-order valence-electron chi connectivity index (χ0n) is 19.1. The van der Waals surface area contributed by atoms with Crippen LogP contribution < -0.4 is 4.74 Å². The molecule has 0 radical (unpaired) electrons. The molecule has 5 rings (SSSR count). The van der Waals surface area contributed by atoms with Crippen LogP contribution in [-0.4, -0.2) is 38.1 Å². The van der Waals surface area contributed by atoms with Gasteiger partial charge in [-0.3, -0.25) is 10.2 Å². The van der Waals surface area contributed by atoms with Crippen LogP contribution in [0.5, 0.6) is 5.75 Å². The Morgan fingerprint density at radius 1 is 1.15 bits per heavy atom. The van der Waals surface area contributed by atoms with Crippen LogP contribution in [0.2, 0.25) is 0 Å². The Labute approximate surface area is 202 Å². The summed E-state index contributed by atoms with van der Waals surface area (Å²) in [5.41, 5.74) is 3.49. The molecule has 7 nitrogen and oxygen atoms in total. The molecule has 2 aliphatic rings. The number of rotatable bonds is 7. The number of benzene rings is 2. The van der Waals surface area contributed by atoms with Crippen LogP contribution in [0, 0.1) is 5.41 Å². The summed E-state index contributed by atoms with van der Waals surface area (Å²) in [7, 11) is 0. The van der Waals surface area contributed by atoms with Crippen LogP contribution in [0.1, 0.15) is 31.4 Å². The average Bonchev–Trinajstić information content (AvgIpc) is 3.39. The number of hydrogen-bond donors (Lipinski definition) is 1. The average molecular weight is 472 g/mol. The van der Waals surface area contributed by atoms with E-state index in [4.69, 9.17) is 10.1 Å². The second kappa shape index (κ2) is 9.30. The van der Waals surface area contributed by atoms with E-state index in [0.717, 1.165) is 46.6 Å². The summed E-state index contributed by atoms with van der Waals surface area (Å²) in [5, 5.41) is 16.5. The topological polar surface area (TPSA) is 83.0 Å². The fourth-order valence-electron chi connectivity index (χ4n) is 4.06. The van der Waals surface area contributed by atoms with Crippen LogP contribution in [0.25, 0.3) is 17.0 Å². The number of amides is 1. The van der Waals surface area contributed by atoms with E-state index in [1.807, 2.05) is 43.5 Å². The molecule has 8 heteroatoms. The number of ether oxygens (including phenoxy) is 1. The van der Waals surface area contributed by atoms with Gasteiger partial charge < -0.3 is 9.30 Å². The SMILES string of the molecule is CCc1ccc(OCCCn2cc(C=C3C(=N)N4N=C(C)SC4=NC3=O)c3ccccc32)cc1. The summed E-state index contributed by atoms with van der Waals surface area (Å²) in [5.74, 6) is 0.527. The minimum Gasteiger partial charge on any atom is -0.494 e. The number of nitrogens with one attached hydrogen (secondary N) is 1. The lowest BCUT2D eigenvalue weighted by atomic mass is 10.1. The van der Waals surface area contributed by atoms with Crippen molar-refractivity contribution >= 4 is 50.7 Å². The molecular formula is C26H25N5O2S. The first-order valence-electron chi connectivity index (χ1n) is 11.3. The molecular weight excluding hydrogens is 446 g/mol. The lowest BCUT2D eigenvalue weighted by molar-refractivity contribution is -0.114. The minimum atomic E-state index is -0.409. The molecule has 0 saturated carbocycles. The van der Waals surface area contributed by atoms with Gasteiger partial charge in [-0.05, 0) is 61.4 Å². The van der Waals surface area contributed by atoms with Crippen molar-refractivity contribution in [2.24, 2.45) is 10.1 Å². The number of aromatic nitrogens is 1. The predicted octanol–water partition coefficient (Wildman–Crippen LogP) is 5.31. The maximum Gasteiger partial charge on any atom is 0.283 e. The van der Waals surface area contributed by atoms with Gasteiger partial charge in [-0.25, -0.2) is 0 Å². The molecule has 2 aromatic carbocycles. The van der Waals surface area contributed by atoms with Gasteiger partial charge in [0.2, 0.25) is 5.17 Å². The van der Waals surface area contributed by atoms with E-state index in [1.54, 1.807) is 6.08 Å². The first-order valence-corrected chi connectivity index (χ1v) is 12.1. The number of hydrazone groups is 1. The predicted molar refractivity (Wildman–Crippen MR) is 139 cm³/mol. The van der Waals surface area contributed by atoms with Gasteiger partial charge in [-0.2, -0.15) is 15.1 Å². The highest BCUT2D eigenvalue weighted by Gasteiger charge is 2.34. The van der Waals surface area contributed by atoms with E-state index >= 15 is 0 Å². The number of fused-ring (bicyclic) bond motifs is 2. The van der Waals surface area contributed by atoms with Crippen LogP contribution >= 0.6 is 11.8 Å². The highest BCUT2D eigenvalue weighted by Crippen LogP contribution is 2.30. The summed E-state index contributed by atoms with van der Waals surface area (Å²) in [6, 6.07) is 16.3. The van der Waals surface area contributed by atoms with Crippen molar-refractivity contribution in [1.82, 2.24) is 9.58 Å². The number of amidine groups is 2. The largest absolute Gasteiger partial charge is 0.494 e. The molecule has 3 aromatic rings. The van der Waals surface area contributed by atoms with Crippen molar-refractivity contribution in [1.29, 1.82) is 5.41 Å². The van der Waals surface area contributed by atoms with Gasteiger partial charge >= 0.3 is 0 Å². The molecule has 2 aliphatic heterocycles. The first kappa shape index (κ1) is 22.2. The molecule has 1 N–H and O–H groups in total. The summed E-state index contributed by atoms with van der Waals surface area (Å²) in [6.45, 7) is 5.36. The Morgan fingerprint density at radius 2 is 1.94 bits per heavy atom.